The van der Waals surface area contributed by atoms with Gasteiger partial charge in [0.2, 0.25) is 0 Å². The van der Waals surface area contributed by atoms with Gasteiger partial charge in [-0.1, -0.05) is 36.4 Å². The Morgan fingerprint density at radius 1 is 0.871 bits per heavy atom. The van der Waals surface area contributed by atoms with Crippen LogP contribution in [0.5, 0.6) is 0 Å². The molecule has 168 valence electrons. The van der Waals surface area contributed by atoms with E-state index >= 15 is 4.39 Å². The van der Waals surface area contributed by atoms with Crippen LogP contribution in [0.25, 0.3) is 0 Å². The van der Waals surface area contributed by atoms with Crippen molar-refractivity contribution in [3.63, 3.8) is 0 Å². The van der Waals surface area contributed by atoms with Gasteiger partial charge in [0.25, 0.3) is 0 Å². The molecule has 1 N–H and O–H groups in total. The number of nitrogens with one attached hydrogen (secondary N) is 1. The molecule has 0 spiro atoms. The number of hydrogen-bond acceptors (Lipinski definition) is 1. The van der Waals surface area contributed by atoms with Crippen molar-refractivity contribution in [1.29, 1.82) is 0 Å². The molecule has 0 saturated carbocycles. The first-order valence-electron chi connectivity index (χ1n) is 11.5. The molecule has 3 rings (SSSR count). The van der Waals surface area contributed by atoms with Gasteiger partial charge in [-0.05, 0) is 113 Å². The second kappa shape index (κ2) is 9.65. The maximum Gasteiger partial charge on any atom is 0.126 e. The summed E-state index contributed by atoms with van der Waals surface area (Å²) in [7, 11) is 0. The predicted molar refractivity (Wildman–Crippen MR) is 127 cm³/mol. The lowest BCUT2D eigenvalue weighted by Crippen LogP contribution is -2.57. The van der Waals surface area contributed by atoms with Crippen molar-refractivity contribution < 1.29 is 8.78 Å². The van der Waals surface area contributed by atoms with Gasteiger partial charge < -0.3 is 5.32 Å². The first kappa shape index (κ1) is 23.7. The van der Waals surface area contributed by atoms with E-state index in [0.29, 0.717) is 18.4 Å². The predicted octanol–water partition coefficient (Wildman–Crippen LogP) is 7.28. The molecule has 1 aliphatic rings. The number of hydrogen-bond donors (Lipinski definition) is 1. The summed E-state index contributed by atoms with van der Waals surface area (Å²) >= 11 is 0. The Labute approximate surface area is 187 Å². The van der Waals surface area contributed by atoms with Crippen molar-refractivity contribution in [1.82, 2.24) is 5.32 Å². The maximum atomic E-state index is 15.0. The summed E-state index contributed by atoms with van der Waals surface area (Å²) in [6.07, 6.45) is 8.92. The molecule has 1 saturated heterocycles. The molecule has 0 radical (unpaired) electrons. The molecule has 0 atom stereocenters. The molecule has 2 aromatic rings. The van der Waals surface area contributed by atoms with Gasteiger partial charge in [0.1, 0.15) is 11.6 Å². The molecule has 1 fully saturated rings. The third-order valence-corrected chi connectivity index (χ3v) is 6.33. The highest BCUT2D eigenvalue weighted by molar-refractivity contribution is 5.31. The topological polar surface area (TPSA) is 12.0 Å². The average Bonchev–Trinajstić information content (AvgIpc) is 2.65. The Kier molecular flexibility index (Phi) is 7.36. The van der Waals surface area contributed by atoms with Crippen LogP contribution in [-0.2, 0) is 19.3 Å². The van der Waals surface area contributed by atoms with E-state index in [1.165, 1.54) is 0 Å². The summed E-state index contributed by atoms with van der Waals surface area (Å²) in [5.74, 6) is -0.0853. The zero-order chi connectivity index (χ0) is 22.6. The van der Waals surface area contributed by atoms with Crippen LogP contribution < -0.4 is 5.32 Å². The van der Waals surface area contributed by atoms with Crippen LogP contribution in [-0.4, -0.2) is 11.1 Å². The van der Waals surface area contributed by atoms with Crippen molar-refractivity contribution >= 4 is 0 Å². The van der Waals surface area contributed by atoms with Gasteiger partial charge in [-0.25, -0.2) is 8.78 Å². The zero-order valence-corrected chi connectivity index (χ0v) is 19.7. The lowest BCUT2D eigenvalue weighted by atomic mass is 9.73. The molecule has 1 aliphatic heterocycles. The third kappa shape index (κ3) is 6.49. The normalized spacial score (nSPS) is 18.5. The van der Waals surface area contributed by atoms with E-state index in [1.54, 1.807) is 12.1 Å². The minimum absolute atomic E-state index is 0.0198. The summed E-state index contributed by atoms with van der Waals surface area (Å²) in [4.78, 5) is 0. The van der Waals surface area contributed by atoms with E-state index in [1.807, 2.05) is 37.3 Å². The van der Waals surface area contributed by atoms with Gasteiger partial charge in [0, 0.05) is 11.1 Å². The third-order valence-electron chi connectivity index (χ3n) is 6.33. The Balaban J connectivity index is 1.66. The fraction of sp³-hybridized carbons (Fsp3) is 0.500. The summed E-state index contributed by atoms with van der Waals surface area (Å²) in [6, 6.07) is 11.2. The van der Waals surface area contributed by atoms with Crippen LogP contribution >= 0.6 is 0 Å². The second-order valence-corrected chi connectivity index (χ2v) is 10.4. The standard InChI is InChI=1S/C28H37F2N/c1-6-7-8-9-20-10-13-22(25(29)16-20)14-11-21-12-15-24(26(30)17-21)23-18-27(2,3)31-28(4,5)19-23/h6-7,10,12-13,15-17,23,31H,8-9,11,14,18-19H2,1-5H3/b7-6+. The molecule has 1 heterocycles. The zero-order valence-electron chi connectivity index (χ0n) is 19.7. The maximum absolute atomic E-state index is 15.0. The molecule has 0 aromatic heterocycles. The first-order chi connectivity index (χ1) is 14.6. The van der Waals surface area contributed by atoms with Crippen LogP contribution in [0.4, 0.5) is 8.78 Å². The number of benzene rings is 2. The molecular formula is C28H37F2N. The number of allylic oxidation sites excluding steroid dienone is 2. The van der Waals surface area contributed by atoms with E-state index < -0.39 is 0 Å². The molecule has 2 aromatic carbocycles. The Bertz CT molecular complexity index is 911. The second-order valence-electron chi connectivity index (χ2n) is 10.4. The number of piperidine rings is 1. The highest BCUT2D eigenvalue weighted by Gasteiger charge is 2.38. The lowest BCUT2D eigenvalue weighted by Gasteiger charge is -2.46. The van der Waals surface area contributed by atoms with Crippen LogP contribution in [0.2, 0.25) is 0 Å². The molecule has 0 bridgehead atoms. The van der Waals surface area contributed by atoms with Crippen LogP contribution in [0.1, 0.15) is 82.1 Å². The molecule has 1 nitrogen and oxygen atoms in total. The summed E-state index contributed by atoms with van der Waals surface area (Å²) < 4.78 is 29.5. The van der Waals surface area contributed by atoms with Crippen LogP contribution in [0.15, 0.2) is 48.6 Å². The molecular weight excluding hydrogens is 388 g/mol. The summed E-state index contributed by atoms with van der Waals surface area (Å²) in [5.41, 5.74) is 3.40. The average molecular weight is 426 g/mol. The molecule has 3 heteroatoms. The van der Waals surface area contributed by atoms with E-state index in [9.17, 15) is 4.39 Å². The largest absolute Gasteiger partial charge is 0.307 e. The molecule has 0 unspecified atom stereocenters. The Hall–Kier alpha value is -2.00. The Morgan fingerprint density at radius 3 is 2.10 bits per heavy atom. The van der Waals surface area contributed by atoms with Crippen molar-refractivity contribution in [2.75, 3.05) is 0 Å². The van der Waals surface area contributed by atoms with Gasteiger partial charge in [0.15, 0.2) is 0 Å². The van der Waals surface area contributed by atoms with Gasteiger partial charge in [-0.15, -0.1) is 0 Å². The van der Waals surface area contributed by atoms with Crippen molar-refractivity contribution in [2.45, 2.75) is 90.1 Å². The minimum atomic E-state index is -0.158. The molecule has 31 heavy (non-hydrogen) atoms. The van der Waals surface area contributed by atoms with E-state index in [4.69, 9.17) is 0 Å². The summed E-state index contributed by atoms with van der Waals surface area (Å²) in [5, 5.41) is 3.66. The lowest BCUT2D eigenvalue weighted by molar-refractivity contribution is 0.160. The fourth-order valence-electron chi connectivity index (χ4n) is 5.24. The molecule has 0 aliphatic carbocycles. The van der Waals surface area contributed by atoms with Gasteiger partial charge >= 0.3 is 0 Å². The SMILES string of the molecule is C/C=C/CCc1ccc(CCc2ccc(C3CC(C)(C)NC(C)(C)C3)c(F)c2)c(F)c1. The monoisotopic (exact) mass is 425 g/mol. The van der Waals surface area contributed by atoms with Crippen molar-refractivity contribution in [2.24, 2.45) is 0 Å². The minimum Gasteiger partial charge on any atom is -0.307 e. The fourth-order valence-corrected chi connectivity index (χ4v) is 5.24. The van der Waals surface area contributed by atoms with Crippen LogP contribution in [0, 0.1) is 11.6 Å². The Morgan fingerprint density at radius 2 is 1.48 bits per heavy atom. The number of halogens is 2. The highest BCUT2D eigenvalue weighted by atomic mass is 19.1. The molecule has 0 amide bonds. The number of aryl methyl sites for hydroxylation is 3. The quantitative estimate of drug-likeness (QED) is 0.460. The van der Waals surface area contributed by atoms with Gasteiger partial charge in [0.05, 0.1) is 0 Å². The van der Waals surface area contributed by atoms with E-state index in [2.05, 4.69) is 39.1 Å². The summed E-state index contributed by atoms with van der Waals surface area (Å²) in [6.45, 7) is 10.7. The van der Waals surface area contributed by atoms with Gasteiger partial charge in [-0.2, -0.15) is 0 Å². The van der Waals surface area contributed by atoms with Crippen LogP contribution in [0.3, 0.4) is 0 Å². The van der Waals surface area contributed by atoms with E-state index in [-0.39, 0.29) is 28.6 Å². The first-order valence-corrected chi connectivity index (χ1v) is 11.5. The highest BCUT2D eigenvalue weighted by Crippen LogP contribution is 2.40. The van der Waals surface area contributed by atoms with Gasteiger partial charge in [-0.3, -0.25) is 0 Å². The van der Waals surface area contributed by atoms with Crippen molar-refractivity contribution in [3.8, 4) is 0 Å². The van der Waals surface area contributed by atoms with E-state index in [0.717, 1.165) is 42.4 Å². The van der Waals surface area contributed by atoms with Crippen molar-refractivity contribution in [3.05, 3.63) is 82.4 Å². The smallest absolute Gasteiger partial charge is 0.126 e. The number of rotatable bonds is 7.